The van der Waals surface area contributed by atoms with Crippen molar-refractivity contribution in [2.45, 2.75) is 13.5 Å². The Labute approximate surface area is 106 Å². The van der Waals surface area contributed by atoms with Crippen molar-refractivity contribution in [2.24, 2.45) is 5.92 Å². The molecule has 2 heterocycles. The van der Waals surface area contributed by atoms with Gasteiger partial charge in [-0.25, -0.2) is 4.79 Å². The van der Waals surface area contributed by atoms with Gasteiger partial charge in [-0.1, -0.05) is 6.92 Å². The molecule has 1 fully saturated rings. The predicted octanol–water partition coefficient (Wildman–Crippen LogP) is 2.20. The van der Waals surface area contributed by atoms with Crippen LogP contribution in [-0.2, 0) is 11.3 Å². The van der Waals surface area contributed by atoms with Crippen molar-refractivity contribution < 1.29 is 9.59 Å². The number of carbonyl (C=O) groups excluding carboxylic acids is 2. The average Bonchev–Trinajstić information content (AvgIpc) is 2.60. The van der Waals surface area contributed by atoms with Gasteiger partial charge in [-0.05, 0) is 22.0 Å². The van der Waals surface area contributed by atoms with E-state index in [1.165, 1.54) is 0 Å². The first-order valence-corrected chi connectivity index (χ1v) is 6.56. The summed E-state index contributed by atoms with van der Waals surface area (Å²) >= 11 is 4.96. The van der Waals surface area contributed by atoms with Gasteiger partial charge in [-0.3, -0.25) is 10.1 Å². The van der Waals surface area contributed by atoms with E-state index >= 15 is 0 Å². The lowest BCUT2D eigenvalue weighted by Gasteiger charge is -2.29. The highest BCUT2D eigenvalue weighted by Crippen LogP contribution is 2.22. The molecule has 1 N–H and O–H groups in total. The van der Waals surface area contributed by atoms with Gasteiger partial charge in [0.15, 0.2) is 0 Å². The zero-order valence-corrected chi connectivity index (χ0v) is 11.1. The number of thiophene rings is 1. The number of imide groups is 1. The van der Waals surface area contributed by atoms with Gasteiger partial charge in [0.05, 0.1) is 12.5 Å². The molecule has 3 amide bonds. The minimum Gasteiger partial charge on any atom is -0.319 e. The zero-order chi connectivity index (χ0) is 11.7. The molecule has 86 valence electrons. The van der Waals surface area contributed by atoms with Gasteiger partial charge in [0.2, 0.25) is 5.91 Å². The van der Waals surface area contributed by atoms with E-state index in [0.717, 1.165) is 9.35 Å². The van der Waals surface area contributed by atoms with Gasteiger partial charge < -0.3 is 4.90 Å². The van der Waals surface area contributed by atoms with Crippen LogP contribution in [0.3, 0.4) is 0 Å². The van der Waals surface area contributed by atoms with Gasteiger partial charge >= 0.3 is 6.03 Å². The largest absolute Gasteiger partial charge is 0.324 e. The third-order valence-electron chi connectivity index (χ3n) is 2.43. The smallest absolute Gasteiger partial charge is 0.319 e. The van der Waals surface area contributed by atoms with E-state index in [1.54, 1.807) is 16.2 Å². The lowest BCUT2D eigenvalue weighted by Crippen LogP contribution is -2.53. The highest BCUT2D eigenvalue weighted by molar-refractivity contribution is 9.10. The molecule has 0 saturated carbocycles. The third-order valence-corrected chi connectivity index (χ3v) is 4.11. The quantitative estimate of drug-likeness (QED) is 0.910. The fraction of sp³-hybridized carbons (Fsp3) is 0.400. The van der Waals surface area contributed by atoms with Crippen LogP contribution < -0.4 is 5.32 Å². The summed E-state index contributed by atoms with van der Waals surface area (Å²) < 4.78 is 1.02. The molecule has 0 spiro atoms. The number of rotatable bonds is 2. The molecule has 1 unspecified atom stereocenters. The molecular formula is C10H11BrN2O2S. The van der Waals surface area contributed by atoms with Gasteiger partial charge in [-0.2, -0.15) is 0 Å². The van der Waals surface area contributed by atoms with Crippen molar-refractivity contribution in [1.29, 1.82) is 0 Å². The molecule has 0 aliphatic carbocycles. The molecule has 1 aromatic heterocycles. The van der Waals surface area contributed by atoms with Crippen molar-refractivity contribution in [3.05, 3.63) is 20.8 Å². The molecule has 0 radical (unpaired) electrons. The van der Waals surface area contributed by atoms with Crippen LogP contribution in [0.25, 0.3) is 0 Å². The van der Waals surface area contributed by atoms with E-state index in [9.17, 15) is 9.59 Å². The highest BCUT2D eigenvalue weighted by Gasteiger charge is 2.29. The van der Waals surface area contributed by atoms with Gasteiger partial charge in [0, 0.05) is 21.3 Å². The molecule has 0 bridgehead atoms. The third kappa shape index (κ3) is 2.44. The summed E-state index contributed by atoms with van der Waals surface area (Å²) in [5.74, 6) is -0.324. The van der Waals surface area contributed by atoms with Crippen molar-refractivity contribution in [1.82, 2.24) is 10.2 Å². The van der Waals surface area contributed by atoms with Crippen molar-refractivity contribution in [3.63, 3.8) is 0 Å². The lowest BCUT2D eigenvalue weighted by molar-refractivity contribution is -0.125. The predicted molar refractivity (Wildman–Crippen MR) is 65.1 cm³/mol. The minimum absolute atomic E-state index is 0.138. The molecule has 1 aliphatic heterocycles. The van der Waals surface area contributed by atoms with Crippen LogP contribution in [0.1, 0.15) is 11.8 Å². The summed E-state index contributed by atoms with van der Waals surface area (Å²) in [5.41, 5.74) is 0. The van der Waals surface area contributed by atoms with Crippen LogP contribution in [-0.4, -0.2) is 23.4 Å². The Morgan fingerprint density at radius 1 is 1.62 bits per heavy atom. The monoisotopic (exact) mass is 302 g/mol. The maximum atomic E-state index is 11.5. The SMILES string of the molecule is CC1CN(Cc2cc(Br)cs2)C(=O)NC1=O. The molecule has 1 saturated heterocycles. The van der Waals surface area contributed by atoms with Crippen LogP contribution in [0, 0.1) is 5.92 Å². The molecule has 2 rings (SSSR count). The number of nitrogens with one attached hydrogen (secondary N) is 1. The van der Waals surface area contributed by atoms with Crippen LogP contribution in [0.15, 0.2) is 15.9 Å². The number of hydrogen-bond acceptors (Lipinski definition) is 3. The standard InChI is InChI=1S/C10H11BrN2O2S/c1-6-3-13(10(15)12-9(6)14)4-8-2-7(11)5-16-8/h2,5-6H,3-4H2,1H3,(H,12,14,15). The molecule has 4 nitrogen and oxygen atoms in total. The Kier molecular flexibility index (Phi) is 3.30. The fourth-order valence-electron chi connectivity index (χ4n) is 1.57. The van der Waals surface area contributed by atoms with E-state index in [-0.39, 0.29) is 17.9 Å². The summed E-state index contributed by atoms with van der Waals surface area (Å²) in [6, 6.07) is 1.69. The van der Waals surface area contributed by atoms with Crippen LogP contribution >= 0.6 is 27.3 Å². The molecule has 6 heteroatoms. The van der Waals surface area contributed by atoms with E-state index in [1.807, 2.05) is 18.4 Å². The molecule has 16 heavy (non-hydrogen) atoms. The van der Waals surface area contributed by atoms with Crippen LogP contribution in [0.2, 0.25) is 0 Å². The summed E-state index contributed by atoms with van der Waals surface area (Å²) in [7, 11) is 0. The van der Waals surface area contributed by atoms with Crippen LogP contribution in [0.4, 0.5) is 4.79 Å². The summed E-state index contributed by atoms with van der Waals surface area (Å²) in [6.07, 6.45) is 0. The van der Waals surface area contributed by atoms with Crippen LogP contribution in [0.5, 0.6) is 0 Å². The average molecular weight is 303 g/mol. The number of carbonyl (C=O) groups is 2. The summed E-state index contributed by atoms with van der Waals surface area (Å²) in [6.45, 7) is 2.86. The second-order valence-electron chi connectivity index (χ2n) is 3.81. The molecule has 1 aromatic rings. The molecule has 1 atom stereocenters. The lowest BCUT2D eigenvalue weighted by atomic mass is 10.1. The Balaban J connectivity index is 2.04. The highest BCUT2D eigenvalue weighted by atomic mass is 79.9. The molecule has 0 aromatic carbocycles. The first kappa shape index (κ1) is 11.6. The van der Waals surface area contributed by atoms with E-state index in [2.05, 4.69) is 21.2 Å². The van der Waals surface area contributed by atoms with Crippen molar-refractivity contribution in [3.8, 4) is 0 Å². The Bertz CT molecular complexity index is 432. The Morgan fingerprint density at radius 3 is 3.00 bits per heavy atom. The van der Waals surface area contributed by atoms with Crippen molar-refractivity contribution >= 4 is 39.2 Å². The summed E-state index contributed by atoms with van der Waals surface area (Å²) in [5, 5.41) is 4.33. The maximum Gasteiger partial charge on any atom is 0.324 e. The summed E-state index contributed by atoms with van der Waals surface area (Å²) in [4.78, 5) is 25.5. The van der Waals surface area contributed by atoms with E-state index in [0.29, 0.717) is 13.1 Å². The van der Waals surface area contributed by atoms with Gasteiger partial charge in [-0.15, -0.1) is 11.3 Å². The first-order chi connectivity index (χ1) is 7.56. The van der Waals surface area contributed by atoms with Gasteiger partial charge in [0.1, 0.15) is 0 Å². The number of halogens is 1. The number of nitrogens with zero attached hydrogens (tertiary/aromatic N) is 1. The maximum absolute atomic E-state index is 11.5. The first-order valence-electron chi connectivity index (χ1n) is 4.89. The second kappa shape index (κ2) is 4.55. The number of amides is 3. The Hall–Kier alpha value is -0.880. The number of urea groups is 1. The normalized spacial score (nSPS) is 21.1. The van der Waals surface area contributed by atoms with E-state index < -0.39 is 0 Å². The Morgan fingerprint density at radius 2 is 2.38 bits per heavy atom. The fourth-order valence-corrected chi connectivity index (χ4v) is 3.03. The zero-order valence-electron chi connectivity index (χ0n) is 8.70. The molecular weight excluding hydrogens is 292 g/mol. The number of hydrogen-bond donors (Lipinski definition) is 1. The van der Waals surface area contributed by atoms with Crippen molar-refractivity contribution in [2.75, 3.05) is 6.54 Å². The second-order valence-corrected chi connectivity index (χ2v) is 5.72. The van der Waals surface area contributed by atoms with E-state index in [4.69, 9.17) is 0 Å². The topological polar surface area (TPSA) is 49.4 Å². The van der Waals surface area contributed by atoms with Gasteiger partial charge in [0.25, 0.3) is 0 Å². The molecule has 1 aliphatic rings. The minimum atomic E-state index is -0.298.